The molecule has 0 spiro atoms. The van der Waals surface area contributed by atoms with E-state index < -0.39 is 0 Å². The number of aryl methyl sites for hydroxylation is 2. The SMILES string of the molecule is CCn1c(=O)cc(N2CCOCC2)c2cc(CCC3C(=O)CCC(CCCN4CCOCC4)C=C3c3ccccc3)ccc21. The van der Waals surface area contributed by atoms with Gasteiger partial charge in [0.25, 0.3) is 5.56 Å². The van der Waals surface area contributed by atoms with Crippen LogP contribution < -0.4 is 10.5 Å². The van der Waals surface area contributed by atoms with Crippen LogP contribution in [-0.2, 0) is 27.2 Å². The van der Waals surface area contributed by atoms with E-state index in [1.807, 2.05) is 11.5 Å². The summed E-state index contributed by atoms with van der Waals surface area (Å²) in [7, 11) is 0. The fraction of sp³-hybridized carbons (Fsp3) is 0.514. The highest BCUT2D eigenvalue weighted by Crippen LogP contribution is 2.36. The van der Waals surface area contributed by atoms with Gasteiger partial charge < -0.3 is 18.9 Å². The van der Waals surface area contributed by atoms with E-state index in [9.17, 15) is 9.59 Å². The lowest BCUT2D eigenvalue weighted by atomic mass is 9.84. The Morgan fingerprint density at radius 3 is 2.36 bits per heavy atom. The molecule has 7 heteroatoms. The molecule has 2 fully saturated rings. The van der Waals surface area contributed by atoms with Crippen molar-refractivity contribution in [2.75, 3.05) is 64.1 Å². The standard InChI is InChI=1S/C37H47N3O4/c1-2-40-34-14-11-29(26-33(34)35(27-37(40)42)39-19-23-44-24-20-39)10-13-31-32(30-8-4-3-5-9-30)25-28(12-15-36(31)41)7-6-16-38-17-21-43-22-18-38/h3-5,8-9,11,14,25-28,31H,2,6-7,10,12-13,15-24H2,1H3. The van der Waals surface area contributed by atoms with Crippen LogP contribution in [0.4, 0.5) is 5.69 Å². The third-order valence-corrected chi connectivity index (χ3v) is 9.74. The van der Waals surface area contributed by atoms with Crippen molar-refractivity contribution in [3.63, 3.8) is 0 Å². The number of allylic oxidation sites excluding steroid dienone is 2. The molecule has 1 aliphatic carbocycles. The number of benzene rings is 2. The Labute approximate surface area is 261 Å². The summed E-state index contributed by atoms with van der Waals surface area (Å²) in [6, 6.07) is 18.9. The fourth-order valence-corrected chi connectivity index (χ4v) is 7.28. The van der Waals surface area contributed by atoms with Crippen molar-refractivity contribution >= 4 is 27.9 Å². The zero-order chi connectivity index (χ0) is 30.3. The number of Topliss-reactive ketones (excluding diaryl/α,β-unsaturated/α-hetero) is 1. The van der Waals surface area contributed by atoms with Crippen molar-refractivity contribution in [3.05, 3.63) is 82.2 Å². The third-order valence-electron chi connectivity index (χ3n) is 9.74. The first-order valence-corrected chi connectivity index (χ1v) is 16.7. The van der Waals surface area contributed by atoms with E-state index in [-0.39, 0.29) is 11.5 Å². The number of nitrogens with zero attached hydrogens (tertiary/aromatic N) is 3. The number of fused-ring (bicyclic) bond motifs is 1. The van der Waals surface area contributed by atoms with Gasteiger partial charge in [0, 0.05) is 56.5 Å². The van der Waals surface area contributed by atoms with Crippen LogP contribution in [0, 0.1) is 11.8 Å². The molecule has 7 nitrogen and oxygen atoms in total. The highest BCUT2D eigenvalue weighted by atomic mass is 16.5. The van der Waals surface area contributed by atoms with Crippen LogP contribution in [0.1, 0.15) is 50.2 Å². The minimum absolute atomic E-state index is 0.0374. The quantitative estimate of drug-likeness (QED) is 0.304. The van der Waals surface area contributed by atoms with Crippen LogP contribution in [0.2, 0.25) is 0 Å². The van der Waals surface area contributed by atoms with E-state index >= 15 is 0 Å². The molecular weight excluding hydrogens is 550 g/mol. The van der Waals surface area contributed by atoms with Gasteiger partial charge >= 0.3 is 0 Å². The molecule has 0 radical (unpaired) electrons. The summed E-state index contributed by atoms with van der Waals surface area (Å²) in [5.74, 6) is 0.675. The van der Waals surface area contributed by atoms with Crippen molar-refractivity contribution in [3.8, 4) is 0 Å². The highest BCUT2D eigenvalue weighted by molar-refractivity contribution is 5.94. The van der Waals surface area contributed by atoms with E-state index in [2.05, 4.69) is 64.4 Å². The summed E-state index contributed by atoms with van der Waals surface area (Å²) in [4.78, 5) is 31.6. The molecule has 2 atom stereocenters. The Kier molecular flexibility index (Phi) is 10.3. The van der Waals surface area contributed by atoms with Gasteiger partial charge in [-0.2, -0.15) is 0 Å². The summed E-state index contributed by atoms with van der Waals surface area (Å²) in [5.41, 5.74) is 5.59. The van der Waals surface area contributed by atoms with Gasteiger partial charge in [-0.15, -0.1) is 0 Å². The van der Waals surface area contributed by atoms with Crippen LogP contribution in [0.5, 0.6) is 0 Å². The highest BCUT2D eigenvalue weighted by Gasteiger charge is 2.28. The van der Waals surface area contributed by atoms with E-state index in [0.29, 0.717) is 37.9 Å². The molecule has 0 bridgehead atoms. The lowest BCUT2D eigenvalue weighted by Crippen LogP contribution is -2.37. The number of anilines is 1. The number of ketones is 1. The first-order valence-electron chi connectivity index (χ1n) is 16.7. The minimum atomic E-state index is -0.111. The average Bonchev–Trinajstić information content (AvgIpc) is 3.23. The van der Waals surface area contributed by atoms with Gasteiger partial charge in [-0.1, -0.05) is 42.5 Å². The summed E-state index contributed by atoms with van der Waals surface area (Å²) in [5, 5.41) is 1.11. The zero-order valence-electron chi connectivity index (χ0n) is 26.2. The molecule has 2 unspecified atom stereocenters. The second-order valence-corrected chi connectivity index (χ2v) is 12.5. The van der Waals surface area contributed by atoms with Crippen LogP contribution in [0.3, 0.4) is 0 Å². The van der Waals surface area contributed by atoms with Crippen molar-refractivity contribution in [1.29, 1.82) is 0 Å². The smallest absolute Gasteiger partial charge is 0.253 e. The molecule has 0 saturated carbocycles. The van der Waals surface area contributed by atoms with E-state index in [1.54, 1.807) is 6.07 Å². The second kappa shape index (κ2) is 14.7. The molecule has 3 aliphatic rings. The van der Waals surface area contributed by atoms with Crippen molar-refractivity contribution in [1.82, 2.24) is 9.47 Å². The second-order valence-electron chi connectivity index (χ2n) is 12.5. The summed E-state index contributed by atoms with van der Waals surface area (Å²) in [6.07, 6.45) is 7.87. The Balaban J connectivity index is 1.24. The molecule has 234 valence electrons. The lowest BCUT2D eigenvalue weighted by molar-refractivity contribution is -0.121. The first kappa shape index (κ1) is 30.8. The zero-order valence-corrected chi connectivity index (χ0v) is 26.2. The maximum Gasteiger partial charge on any atom is 0.253 e. The predicted molar refractivity (Wildman–Crippen MR) is 177 cm³/mol. The first-order chi connectivity index (χ1) is 21.6. The third kappa shape index (κ3) is 7.17. The largest absolute Gasteiger partial charge is 0.379 e. The fourth-order valence-electron chi connectivity index (χ4n) is 7.28. The molecule has 2 aromatic carbocycles. The number of aromatic nitrogens is 1. The van der Waals surface area contributed by atoms with Crippen molar-refractivity contribution < 1.29 is 14.3 Å². The van der Waals surface area contributed by atoms with E-state index in [1.165, 1.54) is 16.7 Å². The summed E-state index contributed by atoms with van der Waals surface area (Å²) >= 11 is 0. The molecular formula is C37H47N3O4. The number of rotatable bonds is 10. The summed E-state index contributed by atoms with van der Waals surface area (Å²) < 4.78 is 13.0. The molecule has 2 saturated heterocycles. The van der Waals surface area contributed by atoms with Crippen LogP contribution in [0.15, 0.2) is 65.5 Å². The van der Waals surface area contributed by atoms with Gasteiger partial charge in [-0.3, -0.25) is 14.5 Å². The van der Waals surface area contributed by atoms with E-state index in [4.69, 9.17) is 9.47 Å². The van der Waals surface area contributed by atoms with Gasteiger partial charge in [0.05, 0.1) is 37.6 Å². The molecule has 6 rings (SSSR count). The van der Waals surface area contributed by atoms with Gasteiger partial charge in [-0.05, 0) is 80.3 Å². The molecule has 3 aromatic rings. The molecule has 2 aliphatic heterocycles. The number of hydrogen-bond donors (Lipinski definition) is 0. The Morgan fingerprint density at radius 2 is 1.61 bits per heavy atom. The summed E-state index contributed by atoms with van der Waals surface area (Å²) in [6.45, 7) is 10.4. The van der Waals surface area contributed by atoms with Crippen LogP contribution in [0.25, 0.3) is 16.5 Å². The number of ether oxygens (including phenoxy) is 2. The van der Waals surface area contributed by atoms with Gasteiger partial charge in [0.2, 0.25) is 0 Å². The molecule has 1 aromatic heterocycles. The number of carbonyl (C=O) groups excluding carboxylic acids is 1. The number of carbonyl (C=O) groups is 1. The Bertz CT molecular complexity index is 1500. The van der Waals surface area contributed by atoms with Crippen molar-refractivity contribution in [2.45, 2.75) is 52.0 Å². The number of pyridine rings is 1. The number of morpholine rings is 2. The minimum Gasteiger partial charge on any atom is -0.379 e. The molecule has 3 heterocycles. The van der Waals surface area contributed by atoms with Gasteiger partial charge in [0.15, 0.2) is 0 Å². The molecule has 0 amide bonds. The van der Waals surface area contributed by atoms with E-state index in [0.717, 1.165) is 94.6 Å². The number of hydrogen-bond acceptors (Lipinski definition) is 6. The lowest BCUT2D eigenvalue weighted by Gasteiger charge is -2.30. The Hall–Kier alpha value is -3.26. The van der Waals surface area contributed by atoms with Crippen molar-refractivity contribution in [2.24, 2.45) is 11.8 Å². The monoisotopic (exact) mass is 597 g/mol. The van der Waals surface area contributed by atoms with Gasteiger partial charge in [0.1, 0.15) is 5.78 Å². The van der Waals surface area contributed by atoms with Crippen LogP contribution in [-0.4, -0.2) is 74.4 Å². The van der Waals surface area contributed by atoms with Gasteiger partial charge in [-0.25, -0.2) is 0 Å². The maximum atomic E-state index is 13.8. The topological polar surface area (TPSA) is 64.0 Å². The molecule has 44 heavy (non-hydrogen) atoms. The normalized spacial score (nSPS) is 21.8. The van der Waals surface area contributed by atoms with Crippen LogP contribution >= 0.6 is 0 Å². The maximum absolute atomic E-state index is 13.8. The Morgan fingerprint density at radius 1 is 0.864 bits per heavy atom. The predicted octanol–water partition coefficient (Wildman–Crippen LogP) is 5.58. The molecule has 0 N–H and O–H groups in total. The average molecular weight is 598 g/mol.